The van der Waals surface area contributed by atoms with E-state index in [1.165, 1.54) is 16.4 Å². The van der Waals surface area contributed by atoms with Crippen molar-refractivity contribution in [2.45, 2.75) is 51.0 Å². The van der Waals surface area contributed by atoms with E-state index in [0.717, 1.165) is 25.3 Å². The van der Waals surface area contributed by atoms with E-state index in [-0.39, 0.29) is 43.8 Å². The second kappa shape index (κ2) is 9.61. The summed E-state index contributed by atoms with van der Waals surface area (Å²) in [6, 6.07) is 3.62. The van der Waals surface area contributed by atoms with Gasteiger partial charge in [0.05, 0.1) is 13.2 Å². The van der Waals surface area contributed by atoms with Gasteiger partial charge in [-0.25, -0.2) is 12.8 Å². The van der Waals surface area contributed by atoms with Crippen LogP contribution in [-0.2, 0) is 14.8 Å². The lowest BCUT2D eigenvalue weighted by Crippen LogP contribution is -2.41. The second-order valence-corrected chi connectivity index (χ2v) is 8.68. The molecular weight excluding hydrogens is 371 g/mol. The summed E-state index contributed by atoms with van der Waals surface area (Å²) >= 11 is 0. The summed E-state index contributed by atoms with van der Waals surface area (Å²) in [4.78, 5) is 14.3. The number of sulfonamides is 1. The molecule has 1 aliphatic heterocycles. The minimum atomic E-state index is -4.01. The first-order valence-electron chi connectivity index (χ1n) is 9.51. The first kappa shape index (κ1) is 21.8. The second-order valence-electron chi connectivity index (χ2n) is 6.77. The molecule has 2 rings (SSSR count). The van der Waals surface area contributed by atoms with E-state index < -0.39 is 20.7 Å². The van der Waals surface area contributed by atoms with Gasteiger partial charge in [0.1, 0.15) is 10.7 Å². The molecule has 1 amide bonds. The van der Waals surface area contributed by atoms with Gasteiger partial charge in [-0.1, -0.05) is 20.3 Å². The van der Waals surface area contributed by atoms with Gasteiger partial charge in [0.15, 0.2) is 0 Å². The molecule has 1 aliphatic rings. The molecule has 8 heteroatoms. The van der Waals surface area contributed by atoms with E-state index in [4.69, 9.17) is 4.74 Å². The van der Waals surface area contributed by atoms with Crippen LogP contribution in [0.3, 0.4) is 0 Å². The van der Waals surface area contributed by atoms with Crippen molar-refractivity contribution < 1.29 is 22.3 Å². The monoisotopic (exact) mass is 400 g/mol. The molecule has 1 atom stereocenters. The zero-order valence-corrected chi connectivity index (χ0v) is 17.1. The Kier molecular flexibility index (Phi) is 7.76. The number of hydrogen-bond donors (Lipinski definition) is 0. The summed E-state index contributed by atoms with van der Waals surface area (Å²) in [6.45, 7) is 7.50. The van der Waals surface area contributed by atoms with Crippen LogP contribution >= 0.6 is 0 Å². The van der Waals surface area contributed by atoms with Crippen LogP contribution in [0, 0.1) is 5.82 Å². The van der Waals surface area contributed by atoms with Crippen molar-refractivity contribution in [1.29, 1.82) is 0 Å². The molecule has 152 valence electrons. The molecule has 0 saturated carbocycles. The Labute approximate surface area is 161 Å². The number of morpholine rings is 1. The number of amides is 1. The van der Waals surface area contributed by atoms with Crippen molar-refractivity contribution in [3.63, 3.8) is 0 Å². The van der Waals surface area contributed by atoms with E-state index in [0.29, 0.717) is 6.54 Å². The van der Waals surface area contributed by atoms with Gasteiger partial charge in [-0.15, -0.1) is 0 Å². The molecule has 0 aromatic heterocycles. The maximum absolute atomic E-state index is 14.4. The van der Waals surface area contributed by atoms with E-state index in [1.54, 1.807) is 4.90 Å². The van der Waals surface area contributed by atoms with E-state index in [2.05, 4.69) is 0 Å². The summed E-state index contributed by atoms with van der Waals surface area (Å²) in [5.41, 5.74) is 0.194. The predicted octanol–water partition coefficient (Wildman–Crippen LogP) is 2.89. The summed E-state index contributed by atoms with van der Waals surface area (Å²) in [7, 11) is -4.01. The summed E-state index contributed by atoms with van der Waals surface area (Å²) < 4.78 is 46.4. The summed E-state index contributed by atoms with van der Waals surface area (Å²) in [6.07, 6.45) is 2.59. The fraction of sp³-hybridized carbons (Fsp3) is 0.632. The van der Waals surface area contributed by atoms with Gasteiger partial charge in [0, 0.05) is 31.2 Å². The van der Waals surface area contributed by atoms with Gasteiger partial charge >= 0.3 is 0 Å². The molecule has 6 nitrogen and oxygen atoms in total. The van der Waals surface area contributed by atoms with Gasteiger partial charge in [-0.3, -0.25) is 4.79 Å². The third kappa shape index (κ3) is 5.06. The lowest BCUT2D eigenvalue weighted by atomic mass is 10.1. The third-order valence-electron chi connectivity index (χ3n) is 4.90. The quantitative estimate of drug-likeness (QED) is 0.673. The highest BCUT2D eigenvalue weighted by atomic mass is 32.2. The Hall–Kier alpha value is -1.51. The van der Waals surface area contributed by atoms with Crippen molar-refractivity contribution in [2.24, 2.45) is 0 Å². The molecule has 1 aromatic rings. The van der Waals surface area contributed by atoms with Crippen molar-refractivity contribution in [3.05, 3.63) is 29.6 Å². The maximum atomic E-state index is 14.4. The van der Waals surface area contributed by atoms with Crippen molar-refractivity contribution in [3.8, 4) is 0 Å². The van der Waals surface area contributed by atoms with E-state index in [9.17, 15) is 17.6 Å². The molecule has 0 aliphatic carbocycles. The third-order valence-corrected chi connectivity index (χ3v) is 6.82. The summed E-state index contributed by atoms with van der Waals surface area (Å²) in [5.74, 6) is -1.11. The molecule has 1 saturated heterocycles. The zero-order chi connectivity index (χ0) is 20.0. The first-order chi connectivity index (χ1) is 12.8. The van der Waals surface area contributed by atoms with Gasteiger partial charge in [0.2, 0.25) is 10.0 Å². The fourth-order valence-electron chi connectivity index (χ4n) is 3.00. The molecular formula is C19H29FN2O4S. The van der Waals surface area contributed by atoms with Crippen LogP contribution in [0.25, 0.3) is 0 Å². The molecule has 1 aromatic carbocycles. The van der Waals surface area contributed by atoms with E-state index >= 15 is 0 Å². The minimum absolute atomic E-state index is 0.0217. The fourth-order valence-corrected chi connectivity index (χ4v) is 4.50. The molecule has 0 bridgehead atoms. The molecule has 27 heavy (non-hydrogen) atoms. The molecule has 0 spiro atoms. The Bertz CT molecular complexity index is 748. The Morgan fingerprint density at radius 2 is 1.96 bits per heavy atom. The number of rotatable bonds is 8. The van der Waals surface area contributed by atoms with Crippen LogP contribution in [0.15, 0.2) is 23.1 Å². The number of nitrogens with zero attached hydrogens (tertiary/aromatic N) is 2. The van der Waals surface area contributed by atoms with Crippen LogP contribution < -0.4 is 0 Å². The van der Waals surface area contributed by atoms with Gasteiger partial charge in [0.25, 0.3) is 5.91 Å². The Morgan fingerprint density at radius 3 is 2.56 bits per heavy atom. The number of halogens is 1. The van der Waals surface area contributed by atoms with Crippen LogP contribution in [0.1, 0.15) is 50.4 Å². The molecule has 0 N–H and O–H groups in total. The first-order valence-corrected chi connectivity index (χ1v) is 10.9. The predicted molar refractivity (Wildman–Crippen MR) is 102 cm³/mol. The van der Waals surface area contributed by atoms with Gasteiger partial charge in [-0.05, 0) is 38.0 Å². The highest BCUT2D eigenvalue weighted by Gasteiger charge is 2.30. The smallest absolute Gasteiger partial charge is 0.254 e. The number of hydrogen-bond acceptors (Lipinski definition) is 4. The van der Waals surface area contributed by atoms with Crippen molar-refractivity contribution in [1.82, 2.24) is 9.21 Å². The molecule has 1 heterocycles. The topological polar surface area (TPSA) is 66.9 Å². The largest absolute Gasteiger partial charge is 0.379 e. The number of carbonyl (C=O) groups is 1. The highest BCUT2D eigenvalue weighted by Crippen LogP contribution is 2.23. The standard InChI is InChI=1S/C19H29FN2O4S/c1-4-6-9-22(15(3)5-2)19(23)16-7-8-17(20)18(14-16)27(24,25)21-10-12-26-13-11-21/h7-8,14-15H,4-6,9-13H2,1-3H3. The normalized spacial score (nSPS) is 16.9. The van der Waals surface area contributed by atoms with Crippen LogP contribution in [0.4, 0.5) is 4.39 Å². The van der Waals surface area contributed by atoms with Gasteiger partial charge in [-0.2, -0.15) is 4.31 Å². The van der Waals surface area contributed by atoms with Crippen molar-refractivity contribution in [2.75, 3.05) is 32.8 Å². The number of unbranched alkanes of at least 4 members (excludes halogenated alkanes) is 1. The lowest BCUT2D eigenvalue weighted by Gasteiger charge is -2.29. The SMILES string of the molecule is CCCCN(C(=O)c1ccc(F)c(S(=O)(=O)N2CCOCC2)c1)C(C)CC. The highest BCUT2D eigenvalue weighted by molar-refractivity contribution is 7.89. The number of ether oxygens (including phenoxy) is 1. The lowest BCUT2D eigenvalue weighted by molar-refractivity contribution is 0.0684. The zero-order valence-electron chi connectivity index (χ0n) is 16.3. The van der Waals surface area contributed by atoms with Crippen LogP contribution in [0.2, 0.25) is 0 Å². The summed E-state index contributed by atoms with van der Waals surface area (Å²) in [5, 5.41) is 0. The van der Waals surface area contributed by atoms with E-state index in [1.807, 2.05) is 20.8 Å². The Morgan fingerprint density at radius 1 is 1.30 bits per heavy atom. The van der Waals surface area contributed by atoms with Crippen molar-refractivity contribution >= 4 is 15.9 Å². The molecule has 0 radical (unpaired) electrons. The molecule has 1 fully saturated rings. The maximum Gasteiger partial charge on any atom is 0.254 e. The van der Waals surface area contributed by atoms with Crippen LogP contribution in [0.5, 0.6) is 0 Å². The average Bonchev–Trinajstić information content (AvgIpc) is 2.68. The van der Waals surface area contributed by atoms with Gasteiger partial charge < -0.3 is 9.64 Å². The number of carbonyl (C=O) groups excluding carboxylic acids is 1. The average molecular weight is 401 g/mol. The van der Waals surface area contributed by atoms with Crippen LogP contribution in [-0.4, -0.2) is 62.4 Å². The minimum Gasteiger partial charge on any atom is -0.379 e. The number of benzene rings is 1. The Balaban J connectivity index is 2.36. The molecule has 1 unspecified atom stereocenters.